The largest absolute Gasteiger partial charge is 0.362 e. The van der Waals surface area contributed by atoms with Gasteiger partial charge >= 0.3 is 0 Å². The number of nitrogens with two attached hydrogens (primary N) is 1. The first kappa shape index (κ1) is 15.5. The van der Waals surface area contributed by atoms with E-state index >= 15 is 0 Å². The van der Waals surface area contributed by atoms with Crippen molar-refractivity contribution >= 4 is 11.6 Å². The summed E-state index contributed by atoms with van der Waals surface area (Å²) in [5.74, 6) is 0.0532. The van der Waals surface area contributed by atoms with E-state index in [0.717, 1.165) is 17.8 Å². The molecule has 0 bridgehead atoms. The van der Waals surface area contributed by atoms with Gasteiger partial charge in [-0.05, 0) is 51.0 Å². The maximum Gasteiger partial charge on any atom is 0.239 e. The molecule has 0 aromatic heterocycles. The topological polar surface area (TPSA) is 58.4 Å². The van der Waals surface area contributed by atoms with Gasteiger partial charge in [0.05, 0.1) is 6.54 Å². The van der Waals surface area contributed by atoms with E-state index in [2.05, 4.69) is 23.2 Å². The van der Waals surface area contributed by atoms with Crippen molar-refractivity contribution in [3.63, 3.8) is 0 Å². The number of rotatable bonds is 6. The van der Waals surface area contributed by atoms with Crippen LogP contribution in [0.15, 0.2) is 18.2 Å². The van der Waals surface area contributed by atoms with Crippen molar-refractivity contribution in [1.82, 2.24) is 5.32 Å². The molecule has 0 aliphatic rings. The SMILES string of the molecule is CCN(CC(=O)NC(C)C)c1ccc(CN)c(C)c1. The maximum absolute atomic E-state index is 11.8. The Balaban J connectivity index is 2.79. The van der Waals surface area contributed by atoms with E-state index in [1.54, 1.807) is 0 Å². The zero-order chi connectivity index (χ0) is 14.4. The van der Waals surface area contributed by atoms with Gasteiger partial charge < -0.3 is 16.0 Å². The number of carbonyl (C=O) groups is 1. The summed E-state index contributed by atoms with van der Waals surface area (Å²) < 4.78 is 0. The van der Waals surface area contributed by atoms with E-state index in [9.17, 15) is 4.79 Å². The lowest BCUT2D eigenvalue weighted by Crippen LogP contribution is -2.40. The molecule has 1 rings (SSSR count). The molecule has 0 aliphatic heterocycles. The molecule has 0 spiro atoms. The monoisotopic (exact) mass is 263 g/mol. The Labute approximate surface area is 116 Å². The second-order valence-corrected chi connectivity index (χ2v) is 5.05. The normalized spacial score (nSPS) is 10.6. The quantitative estimate of drug-likeness (QED) is 0.823. The predicted molar refractivity (Wildman–Crippen MR) is 80.2 cm³/mol. The Bertz CT molecular complexity index is 429. The molecule has 0 aliphatic carbocycles. The highest BCUT2D eigenvalue weighted by Crippen LogP contribution is 2.18. The summed E-state index contributed by atoms with van der Waals surface area (Å²) in [6.07, 6.45) is 0. The van der Waals surface area contributed by atoms with Gasteiger partial charge in [0.25, 0.3) is 0 Å². The first-order chi connectivity index (χ1) is 8.97. The van der Waals surface area contributed by atoms with E-state index in [4.69, 9.17) is 5.73 Å². The first-order valence-electron chi connectivity index (χ1n) is 6.81. The fourth-order valence-corrected chi connectivity index (χ4v) is 2.03. The first-order valence-corrected chi connectivity index (χ1v) is 6.81. The Kier molecular flexibility index (Phi) is 5.83. The Morgan fingerprint density at radius 1 is 1.42 bits per heavy atom. The third kappa shape index (κ3) is 4.56. The number of carbonyl (C=O) groups excluding carboxylic acids is 1. The molecule has 0 saturated carbocycles. The zero-order valence-corrected chi connectivity index (χ0v) is 12.4. The minimum atomic E-state index is 0.0532. The molecular formula is C15H25N3O. The molecule has 0 radical (unpaired) electrons. The lowest BCUT2D eigenvalue weighted by atomic mass is 10.1. The summed E-state index contributed by atoms with van der Waals surface area (Å²) >= 11 is 0. The molecule has 19 heavy (non-hydrogen) atoms. The molecule has 3 N–H and O–H groups in total. The van der Waals surface area contributed by atoms with Gasteiger partial charge in [0.1, 0.15) is 0 Å². The van der Waals surface area contributed by atoms with Gasteiger partial charge in [-0.25, -0.2) is 0 Å². The van der Waals surface area contributed by atoms with Gasteiger partial charge in [-0.2, -0.15) is 0 Å². The number of anilines is 1. The number of benzene rings is 1. The fraction of sp³-hybridized carbons (Fsp3) is 0.533. The Morgan fingerprint density at radius 2 is 2.11 bits per heavy atom. The second kappa shape index (κ2) is 7.14. The minimum Gasteiger partial charge on any atom is -0.362 e. The molecule has 1 amide bonds. The van der Waals surface area contributed by atoms with Crippen LogP contribution in [0, 0.1) is 6.92 Å². The average molecular weight is 263 g/mol. The average Bonchev–Trinajstić information content (AvgIpc) is 2.35. The second-order valence-electron chi connectivity index (χ2n) is 5.05. The number of hydrogen-bond acceptors (Lipinski definition) is 3. The third-order valence-electron chi connectivity index (χ3n) is 3.08. The van der Waals surface area contributed by atoms with E-state index in [0.29, 0.717) is 13.1 Å². The van der Waals surface area contributed by atoms with E-state index in [1.165, 1.54) is 5.56 Å². The van der Waals surface area contributed by atoms with Crippen LogP contribution in [-0.4, -0.2) is 25.0 Å². The molecule has 0 fully saturated rings. The van der Waals surface area contributed by atoms with Gasteiger partial charge in [0.15, 0.2) is 0 Å². The molecular weight excluding hydrogens is 238 g/mol. The zero-order valence-electron chi connectivity index (χ0n) is 12.4. The number of nitrogens with zero attached hydrogens (tertiary/aromatic N) is 1. The van der Waals surface area contributed by atoms with Crippen molar-refractivity contribution in [1.29, 1.82) is 0 Å². The van der Waals surface area contributed by atoms with Crippen LogP contribution in [0.25, 0.3) is 0 Å². The van der Waals surface area contributed by atoms with Gasteiger partial charge in [-0.15, -0.1) is 0 Å². The van der Waals surface area contributed by atoms with Crippen LogP contribution in [0.1, 0.15) is 31.9 Å². The van der Waals surface area contributed by atoms with Crippen molar-refractivity contribution in [2.75, 3.05) is 18.0 Å². The fourth-order valence-electron chi connectivity index (χ4n) is 2.03. The van der Waals surface area contributed by atoms with Crippen molar-refractivity contribution in [2.45, 2.75) is 40.3 Å². The summed E-state index contributed by atoms with van der Waals surface area (Å²) in [7, 11) is 0. The lowest BCUT2D eigenvalue weighted by Gasteiger charge is -2.24. The number of likely N-dealkylation sites (N-methyl/N-ethyl adjacent to an activating group) is 1. The van der Waals surface area contributed by atoms with Crippen molar-refractivity contribution in [3.8, 4) is 0 Å². The van der Waals surface area contributed by atoms with Crippen molar-refractivity contribution in [3.05, 3.63) is 29.3 Å². The molecule has 4 heteroatoms. The van der Waals surface area contributed by atoms with E-state index in [-0.39, 0.29) is 11.9 Å². The number of amides is 1. The highest BCUT2D eigenvalue weighted by atomic mass is 16.2. The summed E-state index contributed by atoms with van der Waals surface area (Å²) in [5, 5.41) is 2.91. The van der Waals surface area contributed by atoms with Crippen LogP contribution in [-0.2, 0) is 11.3 Å². The molecule has 0 unspecified atom stereocenters. The molecule has 0 atom stereocenters. The smallest absolute Gasteiger partial charge is 0.239 e. The van der Waals surface area contributed by atoms with E-state index < -0.39 is 0 Å². The van der Waals surface area contributed by atoms with Crippen LogP contribution in [0.2, 0.25) is 0 Å². The molecule has 4 nitrogen and oxygen atoms in total. The summed E-state index contributed by atoms with van der Waals surface area (Å²) in [6, 6.07) is 6.33. The van der Waals surface area contributed by atoms with Crippen LogP contribution in [0.3, 0.4) is 0 Å². The van der Waals surface area contributed by atoms with Crippen LogP contribution >= 0.6 is 0 Å². The summed E-state index contributed by atoms with van der Waals surface area (Å²) in [5.41, 5.74) is 9.05. The molecule has 1 aromatic carbocycles. The number of aryl methyl sites for hydroxylation is 1. The van der Waals surface area contributed by atoms with E-state index in [1.807, 2.05) is 32.9 Å². The molecule has 106 valence electrons. The number of nitrogens with one attached hydrogen (secondary N) is 1. The van der Waals surface area contributed by atoms with Gasteiger partial charge in [-0.1, -0.05) is 6.07 Å². The highest BCUT2D eigenvalue weighted by molar-refractivity contribution is 5.81. The highest BCUT2D eigenvalue weighted by Gasteiger charge is 2.11. The molecule has 1 aromatic rings. The van der Waals surface area contributed by atoms with Gasteiger partial charge in [0, 0.05) is 24.8 Å². The van der Waals surface area contributed by atoms with Crippen LogP contribution in [0.5, 0.6) is 0 Å². The third-order valence-corrected chi connectivity index (χ3v) is 3.08. The van der Waals surface area contributed by atoms with Gasteiger partial charge in [-0.3, -0.25) is 4.79 Å². The maximum atomic E-state index is 11.8. The summed E-state index contributed by atoms with van der Waals surface area (Å²) in [4.78, 5) is 13.9. The predicted octanol–water partition coefficient (Wildman–Crippen LogP) is 1.80. The van der Waals surface area contributed by atoms with Crippen LogP contribution in [0.4, 0.5) is 5.69 Å². The van der Waals surface area contributed by atoms with Crippen LogP contribution < -0.4 is 16.0 Å². The van der Waals surface area contributed by atoms with Crippen molar-refractivity contribution in [2.24, 2.45) is 5.73 Å². The molecule has 0 saturated heterocycles. The van der Waals surface area contributed by atoms with Gasteiger partial charge in [0.2, 0.25) is 5.91 Å². The minimum absolute atomic E-state index is 0.0532. The summed E-state index contributed by atoms with van der Waals surface area (Å²) in [6.45, 7) is 9.76. The Hall–Kier alpha value is -1.55. The Morgan fingerprint density at radius 3 is 2.58 bits per heavy atom. The molecule has 0 heterocycles. The van der Waals surface area contributed by atoms with Crippen molar-refractivity contribution < 1.29 is 4.79 Å². The standard InChI is InChI=1S/C15H25N3O/c1-5-18(10-15(19)17-11(2)3)14-7-6-13(9-16)12(4)8-14/h6-8,11H,5,9-10,16H2,1-4H3,(H,17,19). The lowest BCUT2D eigenvalue weighted by molar-refractivity contribution is -0.120. The number of hydrogen-bond donors (Lipinski definition) is 2.